The fourth-order valence-corrected chi connectivity index (χ4v) is 6.48. The van der Waals surface area contributed by atoms with Crippen molar-refractivity contribution in [3.05, 3.63) is 18.2 Å². The molecule has 0 unspecified atom stereocenters. The van der Waals surface area contributed by atoms with Gasteiger partial charge in [-0.15, -0.1) is 0 Å². The van der Waals surface area contributed by atoms with Crippen molar-refractivity contribution in [2.75, 3.05) is 74.9 Å². The van der Waals surface area contributed by atoms with Gasteiger partial charge < -0.3 is 20.0 Å². The minimum Gasteiger partial charge on any atom is -0.367 e. The van der Waals surface area contributed by atoms with Gasteiger partial charge in [0, 0.05) is 64.5 Å². The standard InChI is InChI=1S/C22H35N5O4S2/c1-4-24-11-13-25(14-12-24)20-8-7-18(33(30,31)27(5-2)6-3)17-19(20)23-21(28)9-10-26-15-16-32-22(26)29/h7-8,17H,4-6,9-16H2,1-3H3,(H,23,28). The van der Waals surface area contributed by atoms with Crippen molar-refractivity contribution in [3.8, 4) is 0 Å². The van der Waals surface area contributed by atoms with E-state index in [4.69, 9.17) is 0 Å². The van der Waals surface area contributed by atoms with E-state index >= 15 is 0 Å². The first-order valence-corrected chi connectivity index (χ1v) is 14.1. The van der Waals surface area contributed by atoms with Crippen LogP contribution in [0.25, 0.3) is 0 Å². The molecular formula is C22H35N5O4S2. The van der Waals surface area contributed by atoms with Crippen LogP contribution in [0.1, 0.15) is 27.2 Å². The number of nitrogens with one attached hydrogen (secondary N) is 1. The van der Waals surface area contributed by atoms with Gasteiger partial charge in [0.2, 0.25) is 15.9 Å². The van der Waals surface area contributed by atoms with Gasteiger partial charge in [-0.05, 0) is 24.7 Å². The van der Waals surface area contributed by atoms with E-state index in [0.29, 0.717) is 31.9 Å². The monoisotopic (exact) mass is 497 g/mol. The van der Waals surface area contributed by atoms with E-state index in [2.05, 4.69) is 22.0 Å². The van der Waals surface area contributed by atoms with Crippen molar-refractivity contribution >= 4 is 44.3 Å². The minimum absolute atomic E-state index is 0.00426. The third-order valence-corrected chi connectivity index (χ3v) is 9.14. The van der Waals surface area contributed by atoms with Crippen molar-refractivity contribution in [2.24, 2.45) is 0 Å². The van der Waals surface area contributed by atoms with Gasteiger partial charge in [0.15, 0.2) is 0 Å². The first kappa shape index (κ1) is 25.8. The molecule has 3 rings (SSSR count). The van der Waals surface area contributed by atoms with Crippen LogP contribution in [0.4, 0.5) is 16.2 Å². The van der Waals surface area contributed by atoms with Gasteiger partial charge in [-0.1, -0.05) is 32.5 Å². The Labute approximate surface area is 201 Å². The summed E-state index contributed by atoms with van der Waals surface area (Å²) in [4.78, 5) is 31.0. The van der Waals surface area contributed by atoms with E-state index in [1.54, 1.807) is 23.1 Å². The van der Waals surface area contributed by atoms with Gasteiger partial charge in [-0.3, -0.25) is 9.59 Å². The highest BCUT2D eigenvalue weighted by Crippen LogP contribution is 2.31. The molecule has 1 N–H and O–H groups in total. The number of carbonyl (C=O) groups is 2. The summed E-state index contributed by atoms with van der Waals surface area (Å²) in [6.07, 6.45) is 0.169. The maximum absolute atomic E-state index is 13.1. The molecular weight excluding hydrogens is 462 g/mol. The number of hydrogen-bond donors (Lipinski definition) is 1. The summed E-state index contributed by atoms with van der Waals surface area (Å²) in [6.45, 7) is 12.0. The summed E-state index contributed by atoms with van der Waals surface area (Å²) < 4.78 is 27.6. The van der Waals surface area contributed by atoms with E-state index in [0.717, 1.165) is 44.2 Å². The topological polar surface area (TPSA) is 93.3 Å². The summed E-state index contributed by atoms with van der Waals surface area (Å²) in [5, 5.41) is 2.94. The van der Waals surface area contributed by atoms with Crippen LogP contribution in [0.2, 0.25) is 0 Å². The predicted octanol–water partition coefficient (Wildman–Crippen LogP) is 2.36. The second kappa shape index (κ2) is 11.5. The van der Waals surface area contributed by atoms with Crippen molar-refractivity contribution in [1.29, 1.82) is 0 Å². The average molecular weight is 498 g/mol. The molecule has 33 heavy (non-hydrogen) atoms. The van der Waals surface area contributed by atoms with E-state index in [9.17, 15) is 18.0 Å². The van der Waals surface area contributed by atoms with Gasteiger partial charge in [0.05, 0.1) is 16.3 Å². The van der Waals surface area contributed by atoms with Crippen LogP contribution < -0.4 is 10.2 Å². The maximum Gasteiger partial charge on any atom is 0.281 e. The number of benzene rings is 1. The van der Waals surface area contributed by atoms with Crippen LogP contribution in [0.5, 0.6) is 0 Å². The Balaban J connectivity index is 1.83. The van der Waals surface area contributed by atoms with Gasteiger partial charge in [0.25, 0.3) is 5.24 Å². The second-order valence-electron chi connectivity index (χ2n) is 8.09. The minimum atomic E-state index is -3.65. The van der Waals surface area contributed by atoms with E-state index in [1.165, 1.54) is 16.1 Å². The normalized spacial score (nSPS) is 17.8. The van der Waals surface area contributed by atoms with Crippen LogP contribution in [-0.2, 0) is 14.8 Å². The first-order valence-electron chi connectivity index (χ1n) is 11.6. The Hall–Kier alpha value is -1.82. The number of likely N-dealkylation sites (N-methyl/N-ethyl adjacent to an activating group) is 1. The van der Waals surface area contributed by atoms with Crippen molar-refractivity contribution in [1.82, 2.24) is 14.1 Å². The van der Waals surface area contributed by atoms with Gasteiger partial charge in [-0.2, -0.15) is 4.31 Å². The lowest BCUT2D eigenvalue weighted by Crippen LogP contribution is -2.46. The maximum atomic E-state index is 13.1. The van der Waals surface area contributed by atoms with Crippen molar-refractivity contribution in [3.63, 3.8) is 0 Å². The fraction of sp³-hybridized carbons (Fsp3) is 0.636. The van der Waals surface area contributed by atoms with Crippen LogP contribution in [0.3, 0.4) is 0 Å². The summed E-state index contributed by atoms with van der Waals surface area (Å²) >= 11 is 1.27. The number of carbonyl (C=O) groups excluding carboxylic acids is 2. The zero-order chi connectivity index (χ0) is 24.0. The largest absolute Gasteiger partial charge is 0.367 e. The SMILES string of the molecule is CCN1CCN(c2ccc(S(=O)(=O)N(CC)CC)cc2NC(=O)CCN2CCSC2=O)CC1. The molecule has 2 fully saturated rings. The van der Waals surface area contributed by atoms with Crippen LogP contribution in [0.15, 0.2) is 23.1 Å². The van der Waals surface area contributed by atoms with Crippen molar-refractivity contribution < 1.29 is 18.0 Å². The number of amides is 2. The molecule has 2 saturated heterocycles. The van der Waals surface area contributed by atoms with E-state index in [-0.39, 0.29) is 22.5 Å². The highest BCUT2D eigenvalue weighted by molar-refractivity contribution is 8.13. The lowest BCUT2D eigenvalue weighted by atomic mass is 10.2. The summed E-state index contributed by atoms with van der Waals surface area (Å²) in [7, 11) is -3.65. The molecule has 9 nitrogen and oxygen atoms in total. The first-order chi connectivity index (χ1) is 15.8. The van der Waals surface area contributed by atoms with Gasteiger partial charge >= 0.3 is 0 Å². The average Bonchev–Trinajstić information content (AvgIpc) is 3.23. The Kier molecular flexibility index (Phi) is 9.02. The van der Waals surface area contributed by atoms with E-state index in [1.807, 2.05) is 13.8 Å². The van der Waals surface area contributed by atoms with Crippen LogP contribution >= 0.6 is 11.8 Å². The molecule has 2 aliphatic rings. The lowest BCUT2D eigenvalue weighted by Gasteiger charge is -2.36. The smallest absolute Gasteiger partial charge is 0.281 e. The molecule has 2 aliphatic heterocycles. The molecule has 0 spiro atoms. The highest BCUT2D eigenvalue weighted by atomic mass is 32.2. The van der Waals surface area contributed by atoms with Crippen LogP contribution in [0, 0.1) is 0 Å². The lowest BCUT2D eigenvalue weighted by molar-refractivity contribution is -0.116. The van der Waals surface area contributed by atoms with Crippen LogP contribution in [-0.4, -0.2) is 98.3 Å². The third kappa shape index (κ3) is 6.20. The second-order valence-corrected chi connectivity index (χ2v) is 11.1. The number of nitrogens with zero attached hydrogens (tertiary/aromatic N) is 4. The number of sulfonamides is 1. The summed E-state index contributed by atoms with van der Waals surface area (Å²) in [6, 6.07) is 5.00. The van der Waals surface area contributed by atoms with Gasteiger partial charge in [0.1, 0.15) is 0 Å². The molecule has 0 radical (unpaired) electrons. The quantitative estimate of drug-likeness (QED) is 0.530. The molecule has 1 aromatic rings. The number of thioether (sulfide) groups is 1. The third-order valence-electron chi connectivity index (χ3n) is 6.20. The Bertz CT molecular complexity index is 944. The zero-order valence-electron chi connectivity index (χ0n) is 19.7. The molecule has 11 heteroatoms. The molecule has 0 aliphatic carbocycles. The van der Waals surface area contributed by atoms with E-state index < -0.39 is 10.0 Å². The number of anilines is 2. The number of rotatable bonds is 10. The molecule has 1 aromatic carbocycles. The zero-order valence-corrected chi connectivity index (χ0v) is 21.4. The summed E-state index contributed by atoms with van der Waals surface area (Å²) in [5.74, 6) is 0.519. The molecule has 184 valence electrons. The fourth-order valence-electron chi connectivity index (χ4n) is 4.15. The summed E-state index contributed by atoms with van der Waals surface area (Å²) in [5.41, 5.74) is 1.32. The number of piperazine rings is 1. The Morgan fingerprint density at radius 1 is 1.09 bits per heavy atom. The van der Waals surface area contributed by atoms with Gasteiger partial charge in [-0.25, -0.2) is 8.42 Å². The number of hydrogen-bond acceptors (Lipinski definition) is 7. The molecule has 2 amide bonds. The Morgan fingerprint density at radius 2 is 1.79 bits per heavy atom. The van der Waals surface area contributed by atoms with Crippen molar-refractivity contribution in [2.45, 2.75) is 32.1 Å². The predicted molar refractivity (Wildman–Crippen MR) is 134 cm³/mol. The molecule has 0 bridgehead atoms. The Morgan fingerprint density at radius 3 is 2.36 bits per heavy atom. The molecule has 0 atom stereocenters. The molecule has 0 saturated carbocycles. The highest BCUT2D eigenvalue weighted by Gasteiger charge is 2.26. The molecule has 0 aromatic heterocycles. The molecule has 2 heterocycles.